The quantitative estimate of drug-likeness (QED) is 0.714. The third-order valence-electron chi connectivity index (χ3n) is 2.28. The van der Waals surface area contributed by atoms with Gasteiger partial charge >= 0.3 is 0 Å². The van der Waals surface area contributed by atoms with Crippen molar-refractivity contribution in [1.82, 2.24) is 20.0 Å². The number of nitrogens with one attached hydrogen (secondary N) is 1. The minimum Gasteiger partial charge on any atom is -0.278 e. The molecule has 0 unspecified atom stereocenters. The molecule has 2 aromatic rings. The number of hydrogen-bond donors (Lipinski definition) is 1. The van der Waals surface area contributed by atoms with Gasteiger partial charge in [0.2, 0.25) is 0 Å². The third kappa shape index (κ3) is 1.14. The maximum absolute atomic E-state index is 4.34. The van der Waals surface area contributed by atoms with E-state index in [0.29, 0.717) is 0 Å². The van der Waals surface area contributed by atoms with Gasteiger partial charge in [-0.05, 0) is 19.9 Å². The van der Waals surface area contributed by atoms with Crippen LogP contribution in [0.1, 0.15) is 11.4 Å². The summed E-state index contributed by atoms with van der Waals surface area (Å²) >= 11 is 0. The highest BCUT2D eigenvalue weighted by Crippen LogP contribution is 2.23. The summed E-state index contributed by atoms with van der Waals surface area (Å²) in [4.78, 5) is 0. The highest BCUT2D eigenvalue weighted by molar-refractivity contribution is 5.64. The number of H-pyrrole nitrogens is 1. The summed E-state index contributed by atoms with van der Waals surface area (Å²) in [5, 5.41) is 11.2. The number of nitrogens with zero attached hydrogens (tertiary/aromatic N) is 3. The molecule has 13 heavy (non-hydrogen) atoms. The van der Waals surface area contributed by atoms with Crippen LogP contribution in [0.4, 0.5) is 0 Å². The molecule has 0 aliphatic rings. The molecule has 0 atom stereocenters. The van der Waals surface area contributed by atoms with Crippen molar-refractivity contribution in [3.8, 4) is 11.3 Å². The molecule has 0 spiro atoms. The molecule has 4 heteroatoms. The van der Waals surface area contributed by atoms with Crippen LogP contribution < -0.4 is 0 Å². The maximum Gasteiger partial charge on any atom is 0.0690 e. The predicted octanol–water partition coefficient (Wildman–Crippen LogP) is 1.43. The first-order chi connectivity index (χ1) is 6.20. The number of aromatic amines is 1. The standard InChI is InChI=1S/C9H12N4/c1-6-9(7(2)13(3)12-6)8-4-5-10-11-8/h4-5H,1-3H3,(H,10,11). The topological polar surface area (TPSA) is 46.5 Å². The number of aryl methyl sites for hydroxylation is 2. The molecule has 68 valence electrons. The Labute approximate surface area is 76.6 Å². The van der Waals surface area contributed by atoms with Gasteiger partial charge in [-0.3, -0.25) is 9.78 Å². The van der Waals surface area contributed by atoms with E-state index in [-0.39, 0.29) is 0 Å². The zero-order valence-electron chi connectivity index (χ0n) is 8.00. The largest absolute Gasteiger partial charge is 0.278 e. The Kier molecular flexibility index (Phi) is 1.69. The molecule has 0 aliphatic carbocycles. The van der Waals surface area contributed by atoms with Gasteiger partial charge in [-0.2, -0.15) is 10.2 Å². The van der Waals surface area contributed by atoms with Crippen LogP contribution in [0.5, 0.6) is 0 Å². The van der Waals surface area contributed by atoms with Crippen LogP contribution in [0.3, 0.4) is 0 Å². The van der Waals surface area contributed by atoms with E-state index < -0.39 is 0 Å². The lowest BCUT2D eigenvalue weighted by atomic mass is 10.1. The Morgan fingerprint density at radius 1 is 1.38 bits per heavy atom. The van der Waals surface area contributed by atoms with Gasteiger partial charge in [-0.15, -0.1) is 0 Å². The fourth-order valence-corrected chi connectivity index (χ4v) is 1.56. The molecule has 1 N–H and O–H groups in total. The Morgan fingerprint density at radius 2 is 2.15 bits per heavy atom. The molecule has 0 saturated carbocycles. The molecule has 0 radical (unpaired) electrons. The van der Waals surface area contributed by atoms with E-state index in [4.69, 9.17) is 0 Å². The van der Waals surface area contributed by atoms with Crippen molar-refractivity contribution < 1.29 is 0 Å². The van der Waals surface area contributed by atoms with Crippen molar-refractivity contribution in [1.29, 1.82) is 0 Å². The summed E-state index contributed by atoms with van der Waals surface area (Å²) in [7, 11) is 1.95. The second kappa shape index (κ2) is 2.73. The summed E-state index contributed by atoms with van der Waals surface area (Å²) in [6, 6.07) is 1.96. The fraction of sp³-hybridized carbons (Fsp3) is 0.333. The fourth-order valence-electron chi connectivity index (χ4n) is 1.56. The molecule has 0 fully saturated rings. The Balaban J connectivity index is 2.64. The van der Waals surface area contributed by atoms with Gasteiger partial charge < -0.3 is 0 Å². The molecule has 0 aliphatic heterocycles. The second-order valence-corrected chi connectivity index (χ2v) is 3.14. The van der Waals surface area contributed by atoms with Crippen molar-refractivity contribution in [2.24, 2.45) is 7.05 Å². The lowest BCUT2D eigenvalue weighted by molar-refractivity contribution is 0.731. The van der Waals surface area contributed by atoms with Crippen LogP contribution in [-0.4, -0.2) is 20.0 Å². The second-order valence-electron chi connectivity index (χ2n) is 3.14. The van der Waals surface area contributed by atoms with E-state index >= 15 is 0 Å². The van der Waals surface area contributed by atoms with Crippen LogP contribution in [0.15, 0.2) is 12.3 Å². The van der Waals surface area contributed by atoms with Crippen molar-refractivity contribution in [2.45, 2.75) is 13.8 Å². The van der Waals surface area contributed by atoms with Crippen molar-refractivity contribution in [3.63, 3.8) is 0 Å². The average molecular weight is 176 g/mol. The number of aromatic nitrogens is 4. The van der Waals surface area contributed by atoms with E-state index in [1.165, 1.54) is 0 Å². The minimum absolute atomic E-state index is 1.03. The lowest BCUT2D eigenvalue weighted by Crippen LogP contribution is -1.92. The molecule has 0 aromatic carbocycles. The van der Waals surface area contributed by atoms with Gasteiger partial charge in [0, 0.05) is 24.5 Å². The summed E-state index contributed by atoms with van der Waals surface area (Å²) in [6.07, 6.45) is 1.75. The zero-order valence-corrected chi connectivity index (χ0v) is 8.00. The predicted molar refractivity (Wildman–Crippen MR) is 50.3 cm³/mol. The molecule has 0 bridgehead atoms. The van der Waals surface area contributed by atoms with Crippen LogP contribution in [0.2, 0.25) is 0 Å². The molecule has 4 nitrogen and oxygen atoms in total. The van der Waals surface area contributed by atoms with E-state index in [9.17, 15) is 0 Å². The van der Waals surface area contributed by atoms with Crippen molar-refractivity contribution >= 4 is 0 Å². The van der Waals surface area contributed by atoms with Crippen molar-refractivity contribution in [2.75, 3.05) is 0 Å². The van der Waals surface area contributed by atoms with Gasteiger partial charge in [-0.25, -0.2) is 0 Å². The van der Waals surface area contributed by atoms with E-state index in [0.717, 1.165) is 22.6 Å². The van der Waals surface area contributed by atoms with Crippen LogP contribution in [0, 0.1) is 13.8 Å². The highest BCUT2D eigenvalue weighted by Gasteiger charge is 2.11. The smallest absolute Gasteiger partial charge is 0.0690 e. The molecule has 2 aromatic heterocycles. The Morgan fingerprint density at radius 3 is 2.62 bits per heavy atom. The molecular formula is C9H12N4. The van der Waals surface area contributed by atoms with Gasteiger partial charge in [0.1, 0.15) is 0 Å². The van der Waals surface area contributed by atoms with Crippen LogP contribution >= 0.6 is 0 Å². The SMILES string of the molecule is Cc1nn(C)c(C)c1-c1ccn[nH]1. The maximum atomic E-state index is 4.34. The number of rotatable bonds is 1. The third-order valence-corrected chi connectivity index (χ3v) is 2.28. The molecule has 2 rings (SSSR count). The van der Waals surface area contributed by atoms with E-state index in [1.54, 1.807) is 6.20 Å². The van der Waals surface area contributed by atoms with Gasteiger partial charge in [0.15, 0.2) is 0 Å². The molecular weight excluding hydrogens is 164 g/mol. The summed E-state index contributed by atoms with van der Waals surface area (Å²) in [5.74, 6) is 0. The number of hydrogen-bond acceptors (Lipinski definition) is 2. The molecule has 0 amide bonds. The van der Waals surface area contributed by atoms with Gasteiger partial charge in [0.25, 0.3) is 0 Å². The van der Waals surface area contributed by atoms with Crippen LogP contribution in [-0.2, 0) is 7.05 Å². The lowest BCUT2D eigenvalue weighted by Gasteiger charge is -1.96. The Hall–Kier alpha value is -1.58. The molecule has 2 heterocycles. The normalized spacial score (nSPS) is 10.7. The zero-order chi connectivity index (χ0) is 9.42. The van der Waals surface area contributed by atoms with Crippen molar-refractivity contribution in [3.05, 3.63) is 23.7 Å². The first kappa shape index (κ1) is 8.04. The first-order valence-corrected chi connectivity index (χ1v) is 4.20. The monoisotopic (exact) mass is 176 g/mol. The van der Waals surface area contributed by atoms with Gasteiger partial charge in [-0.1, -0.05) is 0 Å². The Bertz CT molecular complexity index is 411. The summed E-state index contributed by atoms with van der Waals surface area (Å²) in [6.45, 7) is 4.05. The summed E-state index contributed by atoms with van der Waals surface area (Å²) in [5.41, 5.74) is 4.37. The highest BCUT2D eigenvalue weighted by atomic mass is 15.3. The minimum atomic E-state index is 1.03. The summed E-state index contributed by atoms with van der Waals surface area (Å²) < 4.78 is 1.88. The first-order valence-electron chi connectivity index (χ1n) is 4.20. The van der Waals surface area contributed by atoms with Gasteiger partial charge in [0.05, 0.1) is 11.4 Å². The van der Waals surface area contributed by atoms with E-state index in [1.807, 2.05) is 24.7 Å². The average Bonchev–Trinajstić information content (AvgIpc) is 2.63. The van der Waals surface area contributed by atoms with E-state index in [2.05, 4.69) is 22.2 Å². The molecule has 0 saturated heterocycles. The van der Waals surface area contributed by atoms with Crippen LogP contribution in [0.25, 0.3) is 11.3 Å².